The smallest absolute Gasteiger partial charge is 0.0327 e. The Bertz CT molecular complexity index is 401. The molecule has 1 saturated heterocycles. The SMILES string of the molecule is Brc1ccsc1CNC1CCCCC1C1CCCN1. The zero-order chi connectivity index (χ0) is 13.1. The van der Waals surface area contributed by atoms with E-state index in [1.54, 1.807) is 0 Å². The fourth-order valence-corrected chi connectivity index (χ4v) is 5.09. The second-order valence-corrected chi connectivity index (χ2v) is 7.69. The summed E-state index contributed by atoms with van der Waals surface area (Å²) in [5, 5.41) is 9.71. The Balaban J connectivity index is 1.59. The summed E-state index contributed by atoms with van der Waals surface area (Å²) in [4.78, 5) is 1.43. The van der Waals surface area contributed by atoms with E-state index < -0.39 is 0 Å². The maximum atomic E-state index is 3.83. The average molecular weight is 343 g/mol. The predicted octanol–water partition coefficient (Wildman–Crippen LogP) is 3.91. The van der Waals surface area contributed by atoms with E-state index in [1.807, 2.05) is 11.3 Å². The van der Waals surface area contributed by atoms with E-state index in [0.717, 1.165) is 18.5 Å². The Labute approximate surface area is 128 Å². The van der Waals surface area contributed by atoms with Crippen molar-refractivity contribution in [1.82, 2.24) is 10.6 Å². The van der Waals surface area contributed by atoms with Crippen LogP contribution in [0.15, 0.2) is 15.9 Å². The highest BCUT2D eigenvalue weighted by Gasteiger charge is 2.32. The molecule has 1 aliphatic carbocycles. The number of halogens is 1. The highest BCUT2D eigenvalue weighted by atomic mass is 79.9. The summed E-state index contributed by atoms with van der Waals surface area (Å²) in [7, 11) is 0. The van der Waals surface area contributed by atoms with E-state index >= 15 is 0 Å². The first-order chi connectivity index (χ1) is 9.34. The first kappa shape index (κ1) is 14.1. The highest BCUT2D eigenvalue weighted by molar-refractivity contribution is 9.10. The van der Waals surface area contributed by atoms with Crippen LogP contribution in [0, 0.1) is 5.92 Å². The van der Waals surface area contributed by atoms with Gasteiger partial charge in [0.15, 0.2) is 0 Å². The van der Waals surface area contributed by atoms with Gasteiger partial charge in [0.25, 0.3) is 0 Å². The van der Waals surface area contributed by atoms with E-state index in [0.29, 0.717) is 6.04 Å². The number of rotatable bonds is 4. The van der Waals surface area contributed by atoms with Gasteiger partial charge in [0.1, 0.15) is 0 Å². The largest absolute Gasteiger partial charge is 0.314 e. The second kappa shape index (κ2) is 6.70. The van der Waals surface area contributed by atoms with Crippen molar-refractivity contribution in [2.24, 2.45) is 5.92 Å². The maximum Gasteiger partial charge on any atom is 0.0327 e. The molecule has 3 unspecified atom stereocenters. The van der Waals surface area contributed by atoms with Crippen molar-refractivity contribution in [2.45, 2.75) is 57.2 Å². The second-order valence-electron chi connectivity index (χ2n) is 5.83. The molecule has 2 aliphatic rings. The third-order valence-electron chi connectivity index (χ3n) is 4.65. The lowest BCUT2D eigenvalue weighted by Gasteiger charge is -2.36. The molecule has 1 saturated carbocycles. The molecule has 3 atom stereocenters. The lowest BCUT2D eigenvalue weighted by Crippen LogP contribution is -2.46. The predicted molar refractivity (Wildman–Crippen MR) is 85.6 cm³/mol. The average Bonchev–Trinajstić information content (AvgIpc) is 3.08. The number of nitrogens with one attached hydrogen (secondary N) is 2. The molecule has 0 radical (unpaired) electrons. The van der Waals surface area contributed by atoms with Crippen molar-refractivity contribution in [3.63, 3.8) is 0 Å². The van der Waals surface area contributed by atoms with Gasteiger partial charge in [-0.3, -0.25) is 0 Å². The number of thiophene rings is 1. The van der Waals surface area contributed by atoms with Crippen molar-refractivity contribution >= 4 is 27.3 Å². The van der Waals surface area contributed by atoms with Crippen LogP contribution >= 0.6 is 27.3 Å². The Morgan fingerprint density at radius 3 is 2.89 bits per heavy atom. The molecule has 0 spiro atoms. The Kier molecular flexibility index (Phi) is 4.96. The van der Waals surface area contributed by atoms with Crippen molar-refractivity contribution in [2.75, 3.05) is 6.54 Å². The third-order valence-corrected chi connectivity index (χ3v) is 6.58. The van der Waals surface area contributed by atoms with Gasteiger partial charge < -0.3 is 10.6 Å². The number of hydrogen-bond donors (Lipinski definition) is 2. The van der Waals surface area contributed by atoms with Crippen LogP contribution in [-0.2, 0) is 6.54 Å². The van der Waals surface area contributed by atoms with E-state index in [9.17, 15) is 0 Å². The van der Waals surface area contributed by atoms with Crippen LogP contribution in [0.5, 0.6) is 0 Å². The third kappa shape index (κ3) is 3.41. The number of hydrogen-bond acceptors (Lipinski definition) is 3. The van der Waals surface area contributed by atoms with Crippen molar-refractivity contribution in [3.05, 3.63) is 20.8 Å². The lowest BCUT2D eigenvalue weighted by atomic mass is 9.79. The first-order valence-corrected chi connectivity index (χ1v) is 9.20. The molecule has 0 bridgehead atoms. The van der Waals surface area contributed by atoms with Gasteiger partial charge in [0.2, 0.25) is 0 Å². The molecular weight excluding hydrogens is 320 g/mol. The normalized spacial score (nSPS) is 31.7. The molecule has 2 nitrogen and oxygen atoms in total. The molecule has 106 valence electrons. The highest BCUT2D eigenvalue weighted by Crippen LogP contribution is 2.31. The molecule has 4 heteroatoms. The molecule has 19 heavy (non-hydrogen) atoms. The van der Waals surface area contributed by atoms with E-state index in [1.165, 1.54) is 54.4 Å². The molecule has 1 aromatic heterocycles. The minimum absolute atomic E-state index is 0.707. The molecule has 1 aromatic rings. The van der Waals surface area contributed by atoms with Gasteiger partial charge in [-0.05, 0) is 65.5 Å². The molecule has 0 aromatic carbocycles. The van der Waals surface area contributed by atoms with Crippen LogP contribution in [0.1, 0.15) is 43.4 Å². The zero-order valence-electron chi connectivity index (χ0n) is 11.3. The molecule has 2 fully saturated rings. The summed E-state index contributed by atoms with van der Waals surface area (Å²) in [6.07, 6.45) is 8.32. The van der Waals surface area contributed by atoms with Gasteiger partial charge in [-0.15, -0.1) is 11.3 Å². The summed E-state index contributed by atoms with van der Waals surface area (Å²) in [5.74, 6) is 0.843. The monoisotopic (exact) mass is 342 g/mol. The van der Waals surface area contributed by atoms with Crippen LogP contribution in [0.25, 0.3) is 0 Å². The molecule has 3 rings (SSSR count). The van der Waals surface area contributed by atoms with Gasteiger partial charge in [0.05, 0.1) is 0 Å². The Morgan fingerprint density at radius 2 is 2.16 bits per heavy atom. The topological polar surface area (TPSA) is 24.1 Å². The van der Waals surface area contributed by atoms with Crippen LogP contribution < -0.4 is 10.6 Å². The standard InChI is InChI=1S/C15H23BrN2S/c16-12-7-9-19-15(12)10-18-14-5-2-1-4-11(14)13-6-3-8-17-13/h7,9,11,13-14,17-18H,1-6,8,10H2. The van der Waals surface area contributed by atoms with Crippen LogP contribution in [0.3, 0.4) is 0 Å². The lowest BCUT2D eigenvalue weighted by molar-refractivity contribution is 0.214. The summed E-state index contributed by atoms with van der Waals surface area (Å²) in [6, 6.07) is 3.63. The maximum absolute atomic E-state index is 3.83. The van der Waals surface area contributed by atoms with Crippen molar-refractivity contribution < 1.29 is 0 Å². The summed E-state index contributed by atoms with van der Waals surface area (Å²) in [6.45, 7) is 2.25. The molecule has 0 amide bonds. The fourth-order valence-electron chi connectivity index (χ4n) is 3.65. The van der Waals surface area contributed by atoms with Gasteiger partial charge in [0, 0.05) is 28.0 Å². The minimum Gasteiger partial charge on any atom is -0.314 e. The molecular formula is C15H23BrN2S. The minimum atomic E-state index is 0.707. The quantitative estimate of drug-likeness (QED) is 0.866. The fraction of sp³-hybridized carbons (Fsp3) is 0.733. The summed E-state index contributed by atoms with van der Waals surface area (Å²) < 4.78 is 1.26. The first-order valence-electron chi connectivity index (χ1n) is 7.53. The van der Waals surface area contributed by atoms with Gasteiger partial charge in [-0.25, -0.2) is 0 Å². The summed E-state index contributed by atoms with van der Waals surface area (Å²) in [5.41, 5.74) is 0. The van der Waals surface area contributed by atoms with E-state index in [2.05, 4.69) is 38.0 Å². The van der Waals surface area contributed by atoms with Gasteiger partial charge >= 0.3 is 0 Å². The van der Waals surface area contributed by atoms with Crippen LogP contribution in [-0.4, -0.2) is 18.6 Å². The molecule has 2 heterocycles. The van der Waals surface area contributed by atoms with Crippen molar-refractivity contribution in [3.8, 4) is 0 Å². The summed E-state index contributed by atoms with van der Waals surface area (Å²) >= 11 is 5.48. The zero-order valence-corrected chi connectivity index (χ0v) is 13.7. The molecule has 2 N–H and O–H groups in total. The van der Waals surface area contributed by atoms with E-state index in [4.69, 9.17) is 0 Å². The van der Waals surface area contributed by atoms with Crippen LogP contribution in [0.4, 0.5) is 0 Å². The Morgan fingerprint density at radius 1 is 1.26 bits per heavy atom. The van der Waals surface area contributed by atoms with Crippen molar-refractivity contribution in [1.29, 1.82) is 0 Å². The molecule has 1 aliphatic heterocycles. The van der Waals surface area contributed by atoms with Gasteiger partial charge in [-0.2, -0.15) is 0 Å². The van der Waals surface area contributed by atoms with Crippen LogP contribution in [0.2, 0.25) is 0 Å². The van der Waals surface area contributed by atoms with E-state index in [-0.39, 0.29) is 0 Å². The Hall–Kier alpha value is 0.1000. The van der Waals surface area contributed by atoms with Gasteiger partial charge in [-0.1, -0.05) is 12.8 Å².